The van der Waals surface area contributed by atoms with Crippen molar-refractivity contribution in [2.45, 2.75) is 20.0 Å². The Kier molecular flexibility index (Phi) is 5.14. The first-order chi connectivity index (χ1) is 9.36. The Morgan fingerprint density at radius 1 is 1.25 bits per heavy atom. The van der Waals surface area contributed by atoms with Gasteiger partial charge in [-0.1, -0.05) is 5.76 Å². The largest absolute Gasteiger partial charge is 0.872 e. The van der Waals surface area contributed by atoms with Gasteiger partial charge in [0.1, 0.15) is 17.6 Å². The fourth-order valence-corrected chi connectivity index (χ4v) is 1.51. The van der Waals surface area contributed by atoms with Crippen LogP contribution in [0.3, 0.4) is 0 Å². The number of phenols is 1. The quantitative estimate of drug-likeness (QED) is 0.278. The van der Waals surface area contributed by atoms with Crippen LogP contribution in [0.5, 0.6) is 11.5 Å². The minimum Gasteiger partial charge on any atom is -0.872 e. The van der Waals surface area contributed by atoms with Crippen molar-refractivity contribution in [1.29, 1.82) is 0 Å². The van der Waals surface area contributed by atoms with E-state index in [1.165, 1.54) is 31.2 Å². The highest BCUT2D eigenvalue weighted by molar-refractivity contribution is 6.16. The number of carbonyl (C=O) groups excluding carboxylic acids is 2. The highest BCUT2D eigenvalue weighted by Crippen LogP contribution is 2.19. The van der Waals surface area contributed by atoms with Crippen LogP contribution in [-0.2, 0) is 14.3 Å². The van der Waals surface area contributed by atoms with Crippen molar-refractivity contribution in [3.63, 3.8) is 0 Å². The summed E-state index contributed by atoms with van der Waals surface area (Å²) in [5, 5.41) is 21.2. The molecule has 0 fully saturated rings. The predicted molar refractivity (Wildman–Crippen MR) is 67.9 cm³/mol. The van der Waals surface area contributed by atoms with Crippen LogP contribution in [0.2, 0.25) is 0 Å². The molecular formula is C14H15O6-. The number of ether oxygens (including phenoxy) is 2. The molecule has 1 aromatic rings. The third kappa shape index (κ3) is 3.74. The van der Waals surface area contributed by atoms with Crippen molar-refractivity contribution in [1.82, 2.24) is 0 Å². The Bertz CT molecular complexity index is 529. The van der Waals surface area contributed by atoms with Crippen LogP contribution in [0.25, 0.3) is 0 Å². The van der Waals surface area contributed by atoms with Gasteiger partial charge in [0.25, 0.3) is 0 Å². The third-order valence-corrected chi connectivity index (χ3v) is 2.51. The highest BCUT2D eigenvalue weighted by atomic mass is 16.5. The number of methoxy groups -OCH3 is 1. The Balaban J connectivity index is 2.98. The molecule has 0 aliphatic rings. The number of carbonyl (C=O) groups is 2. The maximum atomic E-state index is 12.0. The monoisotopic (exact) mass is 279 g/mol. The normalized spacial score (nSPS) is 13.2. The van der Waals surface area contributed by atoms with Gasteiger partial charge in [0.2, 0.25) is 0 Å². The molecule has 1 unspecified atom stereocenters. The van der Waals surface area contributed by atoms with Crippen molar-refractivity contribution in [3.05, 3.63) is 35.6 Å². The fourth-order valence-electron chi connectivity index (χ4n) is 1.51. The zero-order chi connectivity index (χ0) is 15.3. The van der Waals surface area contributed by atoms with Gasteiger partial charge in [0.05, 0.1) is 12.7 Å². The van der Waals surface area contributed by atoms with Gasteiger partial charge in [0.15, 0.2) is 5.78 Å². The van der Waals surface area contributed by atoms with Gasteiger partial charge in [-0.2, -0.15) is 0 Å². The second kappa shape index (κ2) is 6.60. The lowest BCUT2D eigenvalue weighted by molar-refractivity contribution is -0.318. The second-order valence-corrected chi connectivity index (χ2v) is 4.04. The summed E-state index contributed by atoms with van der Waals surface area (Å²) in [5.41, 5.74) is -0.557. The van der Waals surface area contributed by atoms with Gasteiger partial charge in [-0.25, -0.2) is 4.79 Å². The number of hydrogen-bond donors (Lipinski definition) is 1. The number of phenolic OH excluding ortho intramolecular Hbond substituents is 1. The molecular weight excluding hydrogens is 264 g/mol. The number of ketones is 1. The number of aromatic hydroxyl groups is 1. The van der Waals surface area contributed by atoms with E-state index in [4.69, 9.17) is 9.84 Å². The molecule has 6 heteroatoms. The zero-order valence-corrected chi connectivity index (χ0v) is 11.4. The van der Waals surface area contributed by atoms with E-state index in [0.717, 1.165) is 14.0 Å². The summed E-state index contributed by atoms with van der Waals surface area (Å²) < 4.78 is 9.72. The van der Waals surface area contributed by atoms with Crippen LogP contribution >= 0.6 is 0 Å². The molecule has 0 saturated carbocycles. The van der Waals surface area contributed by atoms with Gasteiger partial charge in [-0.05, 0) is 38.1 Å². The van der Waals surface area contributed by atoms with Crippen LogP contribution < -0.4 is 9.84 Å². The smallest absolute Gasteiger partial charge is 0.340 e. The summed E-state index contributed by atoms with van der Waals surface area (Å²) in [7, 11) is 1.09. The number of esters is 1. The van der Waals surface area contributed by atoms with E-state index in [-0.39, 0.29) is 5.75 Å². The first-order valence-electron chi connectivity index (χ1n) is 5.83. The van der Waals surface area contributed by atoms with Crippen molar-refractivity contribution in [2.24, 2.45) is 0 Å². The maximum absolute atomic E-state index is 12.0. The number of rotatable bonds is 5. The first kappa shape index (κ1) is 15.6. The molecule has 0 aromatic heterocycles. The lowest BCUT2D eigenvalue weighted by atomic mass is 10.1. The molecule has 108 valence electrons. The van der Waals surface area contributed by atoms with Gasteiger partial charge in [-0.15, -0.1) is 0 Å². The molecule has 1 N–H and O–H groups in total. The van der Waals surface area contributed by atoms with Gasteiger partial charge in [-0.3, -0.25) is 4.79 Å². The average Bonchev–Trinajstić information content (AvgIpc) is 2.40. The van der Waals surface area contributed by atoms with E-state index in [2.05, 4.69) is 4.74 Å². The van der Waals surface area contributed by atoms with Crippen LogP contribution in [-0.4, -0.2) is 30.1 Å². The standard InChI is InChI=1S/C14H16O6/c1-8(15)12(14(18)19-3)13(17)9(2)20-11-6-4-10(16)5-7-11/h4-7,9,16-17H,1-3H3/p-1. The van der Waals surface area contributed by atoms with Crippen LogP contribution in [0, 0.1) is 0 Å². The van der Waals surface area contributed by atoms with E-state index in [9.17, 15) is 14.7 Å². The van der Waals surface area contributed by atoms with Crippen molar-refractivity contribution < 1.29 is 29.3 Å². The summed E-state index contributed by atoms with van der Waals surface area (Å²) in [6.45, 7) is 2.53. The fraction of sp³-hybridized carbons (Fsp3) is 0.286. The molecule has 1 atom stereocenters. The molecule has 1 rings (SSSR count). The summed E-state index contributed by atoms with van der Waals surface area (Å²) >= 11 is 0. The minimum atomic E-state index is -1.03. The average molecular weight is 279 g/mol. The van der Waals surface area contributed by atoms with Crippen LogP contribution in [0.15, 0.2) is 35.6 Å². The summed E-state index contributed by atoms with van der Waals surface area (Å²) in [5.74, 6) is -2.03. The Morgan fingerprint density at radius 3 is 2.25 bits per heavy atom. The second-order valence-electron chi connectivity index (χ2n) is 4.04. The molecule has 0 radical (unpaired) electrons. The summed E-state index contributed by atoms with van der Waals surface area (Å²) in [4.78, 5) is 22.7. The zero-order valence-electron chi connectivity index (χ0n) is 11.4. The van der Waals surface area contributed by atoms with E-state index in [1.807, 2.05) is 0 Å². The molecule has 0 saturated heterocycles. The van der Waals surface area contributed by atoms with E-state index in [1.54, 1.807) is 0 Å². The molecule has 1 aromatic carbocycles. The first-order valence-corrected chi connectivity index (χ1v) is 5.83. The molecule has 0 amide bonds. The number of Topliss-reactive ketones (excluding diaryl/α,β-unsaturated/α-hetero) is 1. The Hall–Kier alpha value is -2.50. The van der Waals surface area contributed by atoms with Crippen molar-refractivity contribution >= 4 is 11.8 Å². The Labute approximate surface area is 116 Å². The van der Waals surface area contributed by atoms with Crippen LogP contribution in [0.4, 0.5) is 0 Å². The van der Waals surface area contributed by atoms with Gasteiger partial charge >= 0.3 is 5.97 Å². The number of hydrogen-bond acceptors (Lipinski definition) is 6. The van der Waals surface area contributed by atoms with E-state index < -0.39 is 29.2 Å². The SMILES string of the molecule is COC(=O)C(C(C)=O)=C([O-])C(C)Oc1ccc(O)cc1. The van der Waals surface area contributed by atoms with E-state index >= 15 is 0 Å². The van der Waals surface area contributed by atoms with Gasteiger partial charge < -0.3 is 19.7 Å². The molecule has 0 bridgehead atoms. The predicted octanol–water partition coefficient (Wildman–Crippen LogP) is 0.536. The molecule has 0 spiro atoms. The topological polar surface area (TPSA) is 95.9 Å². The molecule has 0 heterocycles. The van der Waals surface area contributed by atoms with Crippen molar-refractivity contribution in [2.75, 3.05) is 7.11 Å². The highest BCUT2D eigenvalue weighted by Gasteiger charge is 2.19. The van der Waals surface area contributed by atoms with Crippen LogP contribution in [0.1, 0.15) is 13.8 Å². The van der Waals surface area contributed by atoms with E-state index in [0.29, 0.717) is 5.75 Å². The summed E-state index contributed by atoms with van der Waals surface area (Å²) in [6, 6.07) is 5.71. The minimum absolute atomic E-state index is 0.0573. The lowest BCUT2D eigenvalue weighted by Crippen LogP contribution is -2.30. The Morgan fingerprint density at radius 2 is 1.80 bits per heavy atom. The van der Waals surface area contributed by atoms with Crippen molar-refractivity contribution in [3.8, 4) is 11.5 Å². The molecule has 20 heavy (non-hydrogen) atoms. The molecule has 0 aliphatic carbocycles. The van der Waals surface area contributed by atoms with Gasteiger partial charge in [0, 0.05) is 0 Å². The summed E-state index contributed by atoms with van der Waals surface area (Å²) in [6.07, 6.45) is -1.03. The number of benzene rings is 1. The molecule has 0 aliphatic heterocycles. The lowest BCUT2D eigenvalue weighted by Gasteiger charge is -2.24. The molecule has 6 nitrogen and oxygen atoms in total. The third-order valence-electron chi connectivity index (χ3n) is 2.51. The maximum Gasteiger partial charge on any atom is 0.340 e.